The van der Waals surface area contributed by atoms with Crippen molar-refractivity contribution in [1.29, 1.82) is 0 Å². The van der Waals surface area contributed by atoms with E-state index in [4.69, 9.17) is 0 Å². The van der Waals surface area contributed by atoms with Gasteiger partial charge in [-0.1, -0.05) is 6.92 Å². The number of aromatic nitrogens is 3. The zero-order valence-electron chi connectivity index (χ0n) is 16.1. The van der Waals surface area contributed by atoms with Gasteiger partial charge in [-0.2, -0.15) is 0 Å². The highest BCUT2D eigenvalue weighted by atomic mass is 16.2. The molecule has 0 spiro atoms. The van der Waals surface area contributed by atoms with Crippen LogP contribution in [0.15, 0.2) is 42.7 Å². The monoisotopic (exact) mass is 362 g/mol. The Morgan fingerprint density at radius 3 is 2.85 bits per heavy atom. The van der Waals surface area contributed by atoms with Gasteiger partial charge in [-0.05, 0) is 56.0 Å². The van der Waals surface area contributed by atoms with E-state index in [1.54, 1.807) is 0 Å². The third-order valence-electron chi connectivity index (χ3n) is 5.50. The smallest absolute Gasteiger partial charge is 0.224 e. The van der Waals surface area contributed by atoms with Gasteiger partial charge >= 0.3 is 0 Å². The lowest BCUT2D eigenvalue weighted by Crippen LogP contribution is -2.39. The van der Waals surface area contributed by atoms with Crippen LogP contribution in [0.4, 0.5) is 0 Å². The number of hydrogen-bond acceptors (Lipinski definition) is 3. The Labute approximate surface area is 160 Å². The number of nitrogens with zero attached hydrogens (tertiary/aromatic N) is 4. The molecule has 1 aliphatic rings. The summed E-state index contributed by atoms with van der Waals surface area (Å²) in [6.45, 7) is 6.66. The van der Waals surface area contributed by atoms with Crippen molar-refractivity contribution in [3.63, 3.8) is 0 Å². The SMILES string of the molecule is Cc1ncccc1-c1cc2cccnc2n1CCC(=O)N1CCC[C@@H](C)C1. The Balaban J connectivity index is 1.63. The summed E-state index contributed by atoms with van der Waals surface area (Å²) in [5, 5.41) is 1.09. The lowest BCUT2D eigenvalue weighted by Gasteiger charge is -2.31. The van der Waals surface area contributed by atoms with Gasteiger partial charge < -0.3 is 9.47 Å². The predicted molar refractivity (Wildman–Crippen MR) is 107 cm³/mol. The van der Waals surface area contributed by atoms with Crippen molar-refractivity contribution < 1.29 is 4.79 Å². The van der Waals surface area contributed by atoms with Gasteiger partial charge in [0, 0.05) is 55.1 Å². The van der Waals surface area contributed by atoms with Crippen LogP contribution in [0, 0.1) is 12.8 Å². The molecule has 3 aromatic heterocycles. The van der Waals surface area contributed by atoms with Crippen LogP contribution in [-0.4, -0.2) is 38.4 Å². The van der Waals surface area contributed by atoms with E-state index in [0.29, 0.717) is 18.9 Å². The molecule has 0 bridgehead atoms. The van der Waals surface area contributed by atoms with E-state index in [9.17, 15) is 4.79 Å². The second-order valence-electron chi connectivity index (χ2n) is 7.57. The fourth-order valence-corrected chi connectivity index (χ4v) is 4.07. The van der Waals surface area contributed by atoms with Crippen molar-refractivity contribution in [2.24, 2.45) is 5.92 Å². The number of pyridine rings is 2. The van der Waals surface area contributed by atoms with Gasteiger partial charge in [-0.15, -0.1) is 0 Å². The van der Waals surface area contributed by atoms with E-state index in [2.05, 4.69) is 39.7 Å². The lowest BCUT2D eigenvalue weighted by atomic mass is 10.00. The number of fused-ring (bicyclic) bond motifs is 1. The molecule has 5 nitrogen and oxygen atoms in total. The summed E-state index contributed by atoms with van der Waals surface area (Å²) in [6, 6.07) is 10.2. The van der Waals surface area contributed by atoms with Gasteiger partial charge in [0.1, 0.15) is 5.65 Å². The van der Waals surface area contributed by atoms with Crippen molar-refractivity contribution in [3.8, 4) is 11.3 Å². The van der Waals surface area contributed by atoms with Crippen LogP contribution in [0.5, 0.6) is 0 Å². The molecule has 1 amide bonds. The number of likely N-dealkylation sites (tertiary alicyclic amines) is 1. The molecule has 27 heavy (non-hydrogen) atoms. The minimum atomic E-state index is 0.244. The highest BCUT2D eigenvalue weighted by Gasteiger charge is 2.21. The maximum Gasteiger partial charge on any atom is 0.224 e. The molecule has 3 aromatic rings. The summed E-state index contributed by atoms with van der Waals surface area (Å²) in [7, 11) is 0. The maximum absolute atomic E-state index is 12.8. The Kier molecular flexibility index (Phi) is 4.92. The first kappa shape index (κ1) is 17.7. The zero-order chi connectivity index (χ0) is 18.8. The Morgan fingerprint density at radius 2 is 2.04 bits per heavy atom. The van der Waals surface area contributed by atoms with Crippen LogP contribution in [0.1, 0.15) is 31.9 Å². The fourth-order valence-electron chi connectivity index (χ4n) is 4.07. The highest BCUT2D eigenvalue weighted by molar-refractivity contribution is 5.85. The Bertz CT molecular complexity index is 962. The van der Waals surface area contributed by atoms with Crippen LogP contribution in [-0.2, 0) is 11.3 Å². The van der Waals surface area contributed by atoms with Gasteiger partial charge in [0.05, 0.1) is 5.69 Å². The number of carbonyl (C=O) groups is 1. The summed E-state index contributed by atoms with van der Waals surface area (Å²) in [5.74, 6) is 0.846. The van der Waals surface area contributed by atoms with Gasteiger partial charge in [-0.25, -0.2) is 4.98 Å². The second kappa shape index (κ2) is 7.51. The molecule has 1 aliphatic heterocycles. The van der Waals surface area contributed by atoms with Gasteiger partial charge in [-0.3, -0.25) is 9.78 Å². The van der Waals surface area contributed by atoms with E-state index in [-0.39, 0.29) is 5.91 Å². The summed E-state index contributed by atoms with van der Waals surface area (Å²) in [5.41, 5.74) is 4.08. The molecule has 140 valence electrons. The lowest BCUT2D eigenvalue weighted by molar-refractivity contribution is -0.133. The molecular formula is C22H26N4O. The van der Waals surface area contributed by atoms with Crippen molar-refractivity contribution in [3.05, 3.63) is 48.4 Å². The van der Waals surface area contributed by atoms with Crippen molar-refractivity contribution in [2.45, 2.75) is 39.7 Å². The molecule has 0 N–H and O–H groups in total. The fraction of sp³-hybridized carbons (Fsp3) is 0.409. The number of piperidine rings is 1. The molecule has 5 heteroatoms. The molecule has 1 fully saturated rings. The van der Waals surface area contributed by atoms with Gasteiger partial charge in [0.2, 0.25) is 5.91 Å². The second-order valence-corrected chi connectivity index (χ2v) is 7.57. The van der Waals surface area contributed by atoms with E-state index in [1.807, 2.05) is 36.4 Å². The molecule has 0 unspecified atom stereocenters. The zero-order valence-corrected chi connectivity index (χ0v) is 16.1. The first-order valence-corrected chi connectivity index (χ1v) is 9.77. The van der Waals surface area contributed by atoms with E-state index < -0.39 is 0 Å². The third-order valence-corrected chi connectivity index (χ3v) is 5.50. The first-order valence-electron chi connectivity index (χ1n) is 9.77. The van der Waals surface area contributed by atoms with Crippen molar-refractivity contribution in [2.75, 3.05) is 13.1 Å². The topological polar surface area (TPSA) is 51.0 Å². The van der Waals surface area contributed by atoms with Gasteiger partial charge in [0.15, 0.2) is 0 Å². The number of hydrogen-bond donors (Lipinski definition) is 0. The third kappa shape index (κ3) is 3.59. The molecule has 1 saturated heterocycles. The van der Waals surface area contributed by atoms with Gasteiger partial charge in [0.25, 0.3) is 0 Å². The molecule has 4 rings (SSSR count). The molecule has 0 saturated carbocycles. The largest absolute Gasteiger partial charge is 0.342 e. The quantitative estimate of drug-likeness (QED) is 0.703. The summed E-state index contributed by atoms with van der Waals surface area (Å²) in [6.07, 6.45) is 6.46. The van der Waals surface area contributed by atoms with E-state index in [1.165, 1.54) is 6.42 Å². The number of carbonyl (C=O) groups excluding carboxylic acids is 1. The molecule has 1 atom stereocenters. The summed E-state index contributed by atoms with van der Waals surface area (Å²) < 4.78 is 2.17. The van der Waals surface area contributed by atoms with Crippen molar-refractivity contribution in [1.82, 2.24) is 19.4 Å². The standard InChI is InChI=1S/C22H26N4O/c1-16-6-5-12-25(15-16)21(27)9-13-26-20(19-8-4-10-23-17(19)2)14-18-7-3-11-24-22(18)26/h3-4,7-8,10-11,14,16H,5-6,9,12-13,15H2,1-2H3/t16-/m1/s1. The van der Waals surface area contributed by atoms with Crippen LogP contribution < -0.4 is 0 Å². The molecular weight excluding hydrogens is 336 g/mol. The first-order chi connectivity index (χ1) is 13.1. The van der Waals surface area contributed by atoms with Crippen LogP contribution in [0.2, 0.25) is 0 Å². The normalized spacial score (nSPS) is 17.4. The number of aryl methyl sites for hydroxylation is 2. The summed E-state index contributed by atoms with van der Waals surface area (Å²) >= 11 is 0. The molecule has 0 aromatic carbocycles. The molecule has 0 aliphatic carbocycles. The van der Waals surface area contributed by atoms with E-state index >= 15 is 0 Å². The van der Waals surface area contributed by atoms with Crippen LogP contribution in [0.25, 0.3) is 22.3 Å². The highest BCUT2D eigenvalue weighted by Crippen LogP contribution is 2.29. The number of amides is 1. The Hall–Kier alpha value is -2.69. The maximum atomic E-state index is 12.8. The van der Waals surface area contributed by atoms with Crippen molar-refractivity contribution >= 4 is 16.9 Å². The van der Waals surface area contributed by atoms with E-state index in [0.717, 1.165) is 47.5 Å². The predicted octanol–water partition coefficient (Wildman–Crippen LogP) is 4.06. The Morgan fingerprint density at radius 1 is 1.22 bits per heavy atom. The molecule has 0 radical (unpaired) electrons. The van der Waals surface area contributed by atoms with Crippen LogP contribution >= 0.6 is 0 Å². The summed E-state index contributed by atoms with van der Waals surface area (Å²) in [4.78, 5) is 23.8. The average Bonchev–Trinajstić information content (AvgIpc) is 3.05. The average molecular weight is 362 g/mol. The minimum Gasteiger partial charge on any atom is -0.342 e. The molecule has 4 heterocycles. The number of rotatable bonds is 4. The minimum absolute atomic E-state index is 0.244. The van der Waals surface area contributed by atoms with Crippen LogP contribution in [0.3, 0.4) is 0 Å².